The fourth-order valence-corrected chi connectivity index (χ4v) is 4.06. The molecule has 1 amide bonds. The molecule has 2 bridgehead atoms. The van der Waals surface area contributed by atoms with Crippen molar-refractivity contribution in [2.24, 2.45) is 5.92 Å². The van der Waals surface area contributed by atoms with Gasteiger partial charge in [0.15, 0.2) is 0 Å². The van der Waals surface area contributed by atoms with Gasteiger partial charge in [0.1, 0.15) is 18.0 Å². The molecule has 1 saturated carbocycles. The molecule has 6 heteroatoms. The van der Waals surface area contributed by atoms with Gasteiger partial charge < -0.3 is 15.5 Å². The number of hydrogen-bond acceptors (Lipinski definition) is 5. The fraction of sp³-hybridized carbons (Fsp3) is 0.643. The number of nitrogens with one attached hydrogen (secondary N) is 2. The maximum Gasteiger partial charge on any atom is 0.229 e. The summed E-state index contributed by atoms with van der Waals surface area (Å²) in [5.41, 5.74) is 1.18. The first kappa shape index (κ1) is 11.0. The summed E-state index contributed by atoms with van der Waals surface area (Å²) < 4.78 is 0. The van der Waals surface area contributed by atoms with E-state index in [0.717, 1.165) is 31.1 Å². The molecule has 6 nitrogen and oxygen atoms in total. The Morgan fingerprint density at radius 3 is 2.75 bits per heavy atom. The zero-order chi connectivity index (χ0) is 13.3. The Bertz CT molecular complexity index is 591. The van der Waals surface area contributed by atoms with E-state index in [0.29, 0.717) is 18.0 Å². The van der Waals surface area contributed by atoms with Crippen molar-refractivity contribution in [3.05, 3.63) is 11.9 Å². The summed E-state index contributed by atoms with van der Waals surface area (Å²) in [6.45, 7) is 2.04. The predicted molar refractivity (Wildman–Crippen MR) is 73.7 cm³/mol. The van der Waals surface area contributed by atoms with Crippen molar-refractivity contribution < 1.29 is 4.79 Å². The maximum absolute atomic E-state index is 11.8. The lowest BCUT2D eigenvalue weighted by atomic mass is 10.1. The Balaban J connectivity index is 1.56. The number of carbonyl (C=O) groups is 1. The van der Waals surface area contributed by atoms with Gasteiger partial charge in [-0.05, 0) is 19.3 Å². The van der Waals surface area contributed by atoms with Crippen LogP contribution < -0.4 is 15.5 Å². The monoisotopic (exact) mass is 271 g/mol. The van der Waals surface area contributed by atoms with Crippen molar-refractivity contribution in [2.75, 3.05) is 23.3 Å². The van der Waals surface area contributed by atoms with Crippen LogP contribution in [0, 0.1) is 5.92 Å². The van der Waals surface area contributed by atoms with Crippen LogP contribution in [-0.2, 0) is 4.79 Å². The largest absolute Gasteiger partial charge is 0.353 e. The highest BCUT2D eigenvalue weighted by Gasteiger charge is 2.51. The topological polar surface area (TPSA) is 70.2 Å². The van der Waals surface area contributed by atoms with E-state index in [1.165, 1.54) is 18.4 Å². The summed E-state index contributed by atoms with van der Waals surface area (Å²) in [6.07, 6.45) is 5.06. The molecule has 0 aromatic carbocycles. The minimum absolute atomic E-state index is 0.132. The highest BCUT2D eigenvalue weighted by Crippen LogP contribution is 2.55. The van der Waals surface area contributed by atoms with Crippen molar-refractivity contribution in [1.82, 2.24) is 15.3 Å². The van der Waals surface area contributed by atoms with Crippen LogP contribution in [-0.4, -0.2) is 41.0 Å². The number of nitrogens with zero attached hydrogens (tertiary/aromatic N) is 3. The molecule has 1 aromatic heterocycles. The zero-order valence-corrected chi connectivity index (χ0v) is 11.2. The van der Waals surface area contributed by atoms with E-state index in [1.807, 2.05) is 0 Å². The maximum atomic E-state index is 11.8. The van der Waals surface area contributed by atoms with Crippen LogP contribution in [0.5, 0.6) is 0 Å². The molecular weight excluding hydrogens is 254 g/mol. The van der Waals surface area contributed by atoms with Gasteiger partial charge in [0.25, 0.3) is 0 Å². The minimum Gasteiger partial charge on any atom is -0.353 e. The predicted octanol–water partition coefficient (Wildman–Crippen LogP) is 0.473. The number of rotatable bonds is 1. The molecule has 5 rings (SSSR count). The van der Waals surface area contributed by atoms with Gasteiger partial charge in [-0.2, -0.15) is 0 Å². The second-order valence-corrected chi connectivity index (χ2v) is 6.44. The second-order valence-electron chi connectivity index (χ2n) is 6.44. The summed E-state index contributed by atoms with van der Waals surface area (Å²) in [7, 11) is 0. The van der Waals surface area contributed by atoms with Gasteiger partial charge in [0.2, 0.25) is 5.91 Å². The van der Waals surface area contributed by atoms with Crippen molar-refractivity contribution in [3.63, 3.8) is 0 Å². The Morgan fingerprint density at radius 2 is 1.95 bits per heavy atom. The highest BCUT2D eigenvalue weighted by molar-refractivity contribution is 5.99. The molecule has 20 heavy (non-hydrogen) atoms. The van der Waals surface area contributed by atoms with Gasteiger partial charge in [-0.3, -0.25) is 4.79 Å². The van der Waals surface area contributed by atoms with Crippen molar-refractivity contribution in [2.45, 2.75) is 37.3 Å². The average molecular weight is 271 g/mol. The molecule has 4 atom stereocenters. The molecule has 0 radical (unpaired) electrons. The first-order chi connectivity index (χ1) is 9.79. The molecule has 3 fully saturated rings. The lowest BCUT2D eigenvalue weighted by Gasteiger charge is -2.35. The van der Waals surface area contributed by atoms with E-state index in [2.05, 4.69) is 25.5 Å². The molecule has 2 saturated heterocycles. The van der Waals surface area contributed by atoms with E-state index >= 15 is 0 Å². The van der Waals surface area contributed by atoms with Crippen molar-refractivity contribution in [3.8, 4) is 0 Å². The quantitative estimate of drug-likeness (QED) is 0.777. The molecule has 4 aliphatic rings. The Kier molecular flexibility index (Phi) is 2.04. The SMILES string of the molecule is O=C1Nc2ncnc(N3CC4CCC(C3)N4)c2C2CC12. The molecule has 3 aliphatic heterocycles. The molecule has 2 N–H and O–H groups in total. The van der Waals surface area contributed by atoms with Gasteiger partial charge in [-0.1, -0.05) is 0 Å². The van der Waals surface area contributed by atoms with Crippen molar-refractivity contribution >= 4 is 17.5 Å². The number of anilines is 2. The molecule has 1 aliphatic carbocycles. The van der Waals surface area contributed by atoms with Crippen LogP contribution in [0.3, 0.4) is 0 Å². The molecular formula is C14H17N5O. The van der Waals surface area contributed by atoms with Gasteiger partial charge in [0, 0.05) is 42.6 Å². The Labute approximate surface area is 117 Å². The number of carbonyl (C=O) groups excluding carboxylic acids is 1. The Morgan fingerprint density at radius 1 is 1.15 bits per heavy atom. The number of amides is 1. The van der Waals surface area contributed by atoms with Gasteiger partial charge in [0.05, 0.1) is 0 Å². The minimum atomic E-state index is 0.132. The summed E-state index contributed by atoms with van der Waals surface area (Å²) in [4.78, 5) is 23.0. The number of fused-ring (bicyclic) bond motifs is 5. The normalized spacial score (nSPS) is 37.2. The first-order valence-corrected chi connectivity index (χ1v) is 7.46. The van der Waals surface area contributed by atoms with Crippen LogP contribution in [0.2, 0.25) is 0 Å². The van der Waals surface area contributed by atoms with Crippen LogP contribution in [0.4, 0.5) is 11.6 Å². The van der Waals surface area contributed by atoms with Gasteiger partial charge >= 0.3 is 0 Å². The van der Waals surface area contributed by atoms with Gasteiger partial charge in [-0.25, -0.2) is 9.97 Å². The lowest BCUT2D eigenvalue weighted by Crippen LogP contribution is -2.51. The van der Waals surface area contributed by atoms with E-state index in [-0.39, 0.29) is 11.8 Å². The first-order valence-electron chi connectivity index (χ1n) is 7.46. The van der Waals surface area contributed by atoms with Crippen molar-refractivity contribution in [1.29, 1.82) is 0 Å². The molecule has 4 heterocycles. The average Bonchev–Trinajstić information content (AvgIpc) is 3.19. The van der Waals surface area contributed by atoms with Crippen LogP contribution in [0.1, 0.15) is 30.7 Å². The third-order valence-electron chi connectivity index (χ3n) is 5.12. The second kappa shape index (κ2) is 3.69. The van der Waals surface area contributed by atoms with Crippen LogP contribution in [0.25, 0.3) is 0 Å². The standard InChI is InChI=1S/C14H17N5O/c20-14-10-3-9(10)11-12(18-14)15-6-16-13(11)19-4-7-1-2-8(5-19)17-7/h6-10,17H,1-5H2,(H,15,16,18,20). The lowest BCUT2D eigenvalue weighted by molar-refractivity contribution is -0.117. The van der Waals surface area contributed by atoms with E-state index < -0.39 is 0 Å². The van der Waals surface area contributed by atoms with Crippen LogP contribution in [0.15, 0.2) is 6.33 Å². The summed E-state index contributed by atoms with van der Waals surface area (Å²) in [5, 5.41) is 6.58. The highest BCUT2D eigenvalue weighted by atomic mass is 16.2. The molecule has 4 unspecified atom stereocenters. The van der Waals surface area contributed by atoms with Gasteiger partial charge in [-0.15, -0.1) is 0 Å². The molecule has 104 valence electrons. The summed E-state index contributed by atoms with van der Waals surface area (Å²) >= 11 is 0. The summed E-state index contributed by atoms with van der Waals surface area (Å²) in [5.74, 6) is 2.44. The third-order valence-corrected chi connectivity index (χ3v) is 5.12. The molecule has 0 spiro atoms. The number of hydrogen-bond donors (Lipinski definition) is 2. The fourth-order valence-electron chi connectivity index (χ4n) is 4.06. The molecule has 1 aromatic rings. The van der Waals surface area contributed by atoms with E-state index in [4.69, 9.17) is 0 Å². The van der Waals surface area contributed by atoms with Crippen LogP contribution >= 0.6 is 0 Å². The van der Waals surface area contributed by atoms with E-state index in [9.17, 15) is 4.79 Å². The number of piperazine rings is 1. The summed E-state index contributed by atoms with van der Waals surface area (Å²) in [6, 6.07) is 1.18. The Hall–Kier alpha value is -1.69. The zero-order valence-electron chi connectivity index (χ0n) is 11.2. The third kappa shape index (κ3) is 1.45. The number of aromatic nitrogens is 2. The van der Waals surface area contributed by atoms with E-state index in [1.54, 1.807) is 6.33 Å². The smallest absolute Gasteiger partial charge is 0.229 e.